The minimum absolute atomic E-state index is 0.180. The van der Waals surface area contributed by atoms with Crippen molar-refractivity contribution >= 4 is 49.2 Å². The first-order valence-electron chi connectivity index (χ1n) is 14.2. The highest BCUT2D eigenvalue weighted by molar-refractivity contribution is 7.92. The second kappa shape index (κ2) is 10.4. The Morgan fingerprint density at radius 1 is 1.02 bits per heavy atom. The molecule has 3 aromatic heterocycles. The van der Waals surface area contributed by atoms with E-state index in [1.54, 1.807) is 24.3 Å². The van der Waals surface area contributed by atoms with Gasteiger partial charge in [-0.2, -0.15) is 0 Å². The summed E-state index contributed by atoms with van der Waals surface area (Å²) in [5, 5.41) is 3.52. The molecule has 7 rings (SSSR count). The summed E-state index contributed by atoms with van der Waals surface area (Å²) in [4.78, 5) is 20.2. The van der Waals surface area contributed by atoms with Crippen LogP contribution in [0.25, 0.3) is 55.8 Å². The smallest absolute Gasteiger partial charge is 0.255 e. The van der Waals surface area contributed by atoms with Crippen LogP contribution in [0.5, 0.6) is 0 Å². The number of nitrogens with zero attached hydrogens (tertiary/aromatic N) is 3. The van der Waals surface area contributed by atoms with Crippen LogP contribution >= 0.6 is 0 Å². The van der Waals surface area contributed by atoms with Crippen LogP contribution in [-0.2, 0) is 16.7 Å². The fourth-order valence-corrected chi connectivity index (χ4v) is 6.47. The number of hydrogen-bond donors (Lipinski definition) is 2. The Morgan fingerprint density at radius 2 is 1.80 bits per heavy atom. The monoisotopic (exact) mass is 627 g/mol. The van der Waals surface area contributed by atoms with E-state index in [0.29, 0.717) is 40.0 Å². The molecule has 2 N–H and O–H groups in total. The number of anilines is 2. The molecule has 12 heteroatoms. The lowest BCUT2D eigenvalue weighted by Gasteiger charge is -2.29. The number of aromatic nitrogens is 2. The van der Waals surface area contributed by atoms with Crippen LogP contribution in [0, 0.1) is 11.6 Å². The average molecular weight is 628 g/mol. The normalized spacial score (nSPS) is 12.8. The van der Waals surface area contributed by atoms with Crippen LogP contribution in [0.4, 0.5) is 20.2 Å². The van der Waals surface area contributed by atoms with Crippen LogP contribution in [0.15, 0.2) is 77.2 Å². The van der Waals surface area contributed by atoms with Crippen molar-refractivity contribution in [1.29, 1.82) is 0 Å². The number of furan rings is 1. The Balaban J connectivity index is 1.49. The molecule has 0 saturated heterocycles. The molecule has 0 spiro atoms. The van der Waals surface area contributed by atoms with Gasteiger partial charge in [0.15, 0.2) is 0 Å². The minimum Gasteiger partial charge on any atom is -0.455 e. The van der Waals surface area contributed by atoms with E-state index in [4.69, 9.17) is 9.40 Å². The largest absolute Gasteiger partial charge is 0.455 e. The quantitative estimate of drug-likeness (QED) is 0.216. The van der Waals surface area contributed by atoms with Gasteiger partial charge in [-0.1, -0.05) is 6.07 Å². The Bertz CT molecular complexity index is 2280. The van der Waals surface area contributed by atoms with Crippen LogP contribution in [-0.4, -0.2) is 43.7 Å². The van der Waals surface area contributed by atoms with Crippen LogP contribution < -0.4 is 14.9 Å². The SMILES string of the molecule is CCS(=O)(=O)Nc1cc2oc(-c3ccc(F)cc3)c(C(=O)NC)c2cc1-c1ccc2c(n1)-c1cc3c(F)cccc3n1CN2C. The first kappa shape index (κ1) is 28.5. The van der Waals surface area contributed by atoms with Gasteiger partial charge in [0.25, 0.3) is 5.91 Å². The summed E-state index contributed by atoms with van der Waals surface area (Å²) >= 11 is 0. The average Bonchev–Trinajstić information content (AvgIpc) is 3.59. The van der Waals surface area contributed by atoms with Gasteiger partial charge in [-0.25, -0.2) is 22.2 Å². The van der Waals surface area contributed by atoms with Crippen molar-refractivity contribution in [3.8, 4) is 34.0 Å². The number of halogens is 2. The number of sulfonamides is 1. The molecule has 4 heterocycles. The maximum atomic E-state index is 14.8. The number of carbonyl (C=O) groups excluding carboxylic acids is 1. The number of nitrogens with one attached hydrogen (secondary N) is 2. The third-order valence-corrected chi connectivity index (χ3v) is 9.38. The van der Waals surface area contributed by atoms with Gasteiger partial charge in [0.1, 0.15) is 28.7 Å². The molecule has 1 aliphatic heterocycles. The Hall–Kier alpha value is -5.23. The number of benzene rings is 3. The number of fused-ring (bicyclic) bond motifs is 6. The molecule has 6 aromatic rings. The van der Waals surface area contributed by atoms with E-state index in [-0.39, 0.29) is 34.2 Å². The zero-order valence-electron chi connectivity index (χ0n) is 24.5. The maximum absolute atomic E-state index is 14.8. The summed E-state index contributed by atoms with van der Waals surface area (Å²) < 4.78 is 64.9. The third-order valence-electron chi connectivity index (χ3n) is 8.08. The molecule has 0 aliphatic carbocycles. The molecule has 1 amide bonds. The molecular weight excluding hydrogens is 600 g/mol. The summed E-state index contributed by atoms with van der Waals surface area (Å²) in [6, 6.07) is 19.1. The molecule has 0 saturated carbocycles. The van der Waals surface area contributed by atoms with E-state index < -0.39 is 21.7 Å². The molecular formula is C33H27F2N5O4S. The highest BCUT2D eigenvalue weighted by Gasteiger charge is 2.28. The molecule has 0 radical (unpaired) electrons. The fourth-order valence-electron chi connectivity index (χ4n) is 5.82. The lowest BCUT2D eigenvalue weighted by atomic mass is 10.0. The van der Waals surface area contributed by atoms with E-state index in [1.807, 2.05) is 28.6 Å². The molecule has 9 nitrogen and oxygen atoms in total. The summed E-state index contributed by atoms with van der Waals surface area (Å²) in [5.74, 6) is -1.19. The van der Waals surface area contributed by atoms with Crippen molar-refractivity contribution in [2.45, 2.75) is 13.6 Å². The molecule has 45 heavy (non-hydrogen) atoms. The van der Waals surface area contributed by atoms with Gasteiger partial charge in [-0.05, 0) is 67.6 Å². The van der Waals surface area contributed by atoms with Crippen molar-refractivity contribution in [1.82, 2.24) is 14.9 Å². The van der Waals surface area contributed by atoms with E-state index in [0.717, 1.165) is 16.9 Å². The Labute approximate surface area is 257 Å². The van der Waals surface area contributed by atoms with Crippen LogP contribution in [0.3, 0.4) is 0 Å². The Morgan fingerprint density at radius 3 is 2.53 bits per heavy atom. The molecule has 0 bridgehead atoms. The van der Waals surface area contributed by atoms with E-state index in [9.17, 15) is 22.0 Å². The molecule has 3 aromatic carbocycles. The number of pyridine rings is 1. The number of carbonyl (C=O) groups is 1. The first-order chi connectivity index (χ1) is 21.6. The van der Waals surface area contributed by atoms with Gasteiger partial charge in [0.2, 0.25) is 10.0 Å². The highest BCUT2D eigenvalue weighted by atomic mass is 32.2. The first-order valence-corrected chi connectivity index (χ1v) is 15.8. The standard InChI is InChI=1S/C33H27F2N5O4S/c1-4-45(42,43)38-25-16-29-22(30(33(41)36-2)32(44-29)18-8-10-19(34)11-9-18)14-21(25)24-12-13-27-31(37-24)28-15-20-23(35)6-5-7-26(20)40(28)17-39(27)3/h5-16,38H,4,17H2,1-3H3,(H,36,41). The van der Waals surface area contributed by atoms with Gasteiger partial charge in [0, 0.05) is 42.1 Å². The summed E-state index contributed by atoms with van der Waals surface area (Å²) in [5.41, 5.74) is 4.81. The zero-order valence-corrected chi connectivity index (χ0v) is 25.3. The second-order valence-corrected chi connectivity index (χ2v) is 12.8. The number of amides is 1. The minimum atomic E-state index is -3.74. The van der Waals surface area contributed by atoms with Gasteiger partial charge in [-0.3, -0.25) is 9.52 Å². The number of hydrogen-bond acceptors (Lipinski definition) is 6. The van der Waals surface area contributed by atoms with Gasteiger partial charge in [0.05, 0.1) is 46.3 Å². The summed E-state index contributed by atoms with van der Waals surface area (Å²) in [6.07, 6.45) is 0. The lowest BCUT2D eigenvalue weighted by molar-refractivity contribution is 0.0964. The zero-order chi connectivity index (χ0) is 31.6. The van der Waals surface area contributed by atoms with Crippen molar-refractivity contribution in [3.05, 3.63) is 90.0 Å². The van der Waals surface area contributed by atoms with Gasteiger partial charge < -0.3 is 19.2 Å². The van der Waals surface area contributed by atoms with Crippen LogP contribution in [0.1, 0.15) is 17.3 Å². The third kappa shape index (κ3) is 4.69. The van der Waals surface area contributed by atoms with E-state index in [2.05, 4.69) is 10.0 Å². The predicted octanol–water partition coefficient (Wildman–Crippen LogP) is 6.59. The summed E-state index contributed by atoms with van der Waals surface area (Å²) in [7, 11) is -0.339. The van der Waals surface area contributed by atoms with Crippen molar-refractivity contribution in [2.24, 2.45) is 0 Å². The molecule has 0 unspecified atom stereocenters. The predicted molar refractivity (Wildman–Crippen MR) is 171 cm³/mol. The topological polar surface area (TPSA) is 109 Å². The second-order valence-electron chi connectivity index (χ2n) is 10.8. The maximum Gasteiger partial charge on any atom is 0.255 e. The highest BCUT2D eigenvalue weighted by Crippen LogP contribution is 2.43. The molecule has 0 atom stereocenters. The van der Waals surface area contributed by atoms with Crippen molar-refractivity contribution in [3.63, 3.8) is 0 Å². The van der Waals surface area contributed by atoms with Crippen LogP contribution in [0.2, 0.25) is 0 Å². The number of rotatable bonds is 6. The molecule has 0 fully saturated rings. The van der Waals surface area contributed by atoms with Crippen molar-refractivity contribution in [2.75, 3.05) is 29.5 Å². The fraction of sp³-hybridized carbons (Fsp3) is 0.152. The molecule has 1 aliphatic rings. The van der Waals surface area contributed by atoms with Gasteiger partial charge >= 0.3 is 0 Å². The Kier molecular flexibility index (Phi) is 6.62. The van der Waals surface area contributed by atoms with Crippen molar-refractivity contribution < 1.29 is 26.4 Å². The lowest BCUT2D eigenvalue weighted by Crippen LogP contribution is -2.26. The van der Waals surface area contributed by atoms with Gasteiger partial charge in [-0.15, -0.1) is 0 Å². The van der Waals surface area contributed by atoms with E-state index >= 15 is 0 Å². The molecule has 228 valence electrons. The summed E-state index contributed by atoms with van der Waals surface area (Å²) in [6.45, 7) is 2.01. The van der Waals surface area contributed by atoms with E-state index in [1.165, 1.54) is 50.4 Å².